The van der Waals surface area contributed by atoms with Crippen molar-refractivity contribution in [3.63, 3.8) is 0 Å². The first kappa shape index (κ1) is 34.9. The number of hydrogen-bond acceptors (Lipinski definition) is 9. The van der Waals surface area contributed by atoms with Crippen LogP contribution in [0, 0.1) is 11.8 Å². The Labute approximate surface area is 291 Å². The topological polar surface area (TPSA) is 180 Å². The Balaban J connectivity index is 1.14. The molecule has 13 nitrogen and oxygen atoms in total. The average molecular weight is 680 g/mol. The molecule has 13 heteroatoms. The van der Waals surface area contributed by atoms with Gasteiger partial charge in [-0.3, -0.25) is 19.3 Å². The quantitative estimate of drug-likeness (QED) is 0.142. The average Bonchev–Trinajstić information content (AvgIpc) is 3.71. The fraction of sp³-hybridized carbons (Fsp3) is 0.405. The van der Waals surface area contributed by atoms with Gasteiger partial charge in [-0.05, 0) is 96.4 Å². The van der Waals surface area contributed by atoms with Crippen LogP contribution in [0.1, 0.15) is 41.6 Å². The molecule has 3 aromatic carbocycles. The lowest BCUT2D eigenvalue weighted by atomic mass is 9.81. The number of morpholine rings is 1. The van der Waals surface area contributed by atoms with Crippen molar-refractivity contribution < 1.29 is 19.1 Å². The zero-order valence-corrected chi connectivity index (χ0v) is 28.1. The summed E-state index contributed by atoms with van der Waals surface area (Å²) < 4.78 is 5.40. The fourth-order valence-corrected chi connectivity index (χ4v) is 6.58. The molecule has 1 saturated carbocycles. The van der Waals surface area contributed by atoms with Crippen molar-refractivity contribution in [3.8, 4) is 22.5 Å². The molecular weight excluding hydrogens is 634 g/mol. The van der Waals surface area contributed by atoms with Crippen LogP contribution in [0.5, 0.6) is 0 Å². The minimum atomic E-state index is -0.814. The van der Waals surface area contributed by atoms with E-state index < -0.39 is 6.04 Å². The molecule has 262 valence electrons. The molecule has 1 aromatic heterocycles. The van der Waals surface area contributed by atoms with Gasteiger partial charge >= 0.3 is 0 Å². The predicted molar refractivity (Wildman–Crippen MR) is 190 cm³/mol. The summed E-state index contributed by atoms with van der Waals surface area (Å²) in [5, 5.41) is 23.1. The Hall–Kier alpha value is -4.98. The highest BCUT2D eigenvalue weighted by Crippen LogP contribution is 2.29. The number of aromatic amines is 1. The molecule has 0 spiro atoms. The molecule has 1 aliphatic carbocycles. The Bertz CT molecular complexity index is 1720. The van der Waals surface area contributed by atoms with Crippen LogP contribution in [-0.2, 0) is 20.7 Å². The number of nitrogens with two attached hydrogens (primary N) is 1. The number of H-pyrrole nitrogens is 1. The molecule has 0 bridgehead atoms. The molecule has 2 fully saturated rings. The summed E-state index contributed by atoms with van der Waals surface area (Å²) in [7, 11) is 0. The Morgan fingerprint density at radius 1 is 0.920 bits per heavy atom. The van der Waals surface area contributed by atoms with Crippen LogP contribution in [0.25, 0.3) is 22.5 Å². The van der Waals surface area contributed by atoms with Gasteiger partial charge in [0, 0.05) is 55.3 Å². The summed E-state index contributed by atoms with van der Waals surface area (Å²) in [5.41, 5.74) is 10.5. The lowest BCUT2D eigenvalue weighted by Crippen LogP contribution is -2.48. The van der Waals surface area contributed by atoms with Gasteiger partial charge < -0.3 is 26.4 Å². The predicted octanol–water partition coefficient (Wildman–Crippen LogP) is 3.03. The zero-order chi connectivity index (χ0) is 34.7. The van der Waals surface area contributed by atoms with Crippen molar-refractivity contribution in [2.45, 2.75) is 38.1 Å². The van der Waals surface area contributed by atoms with E-state index in [0.717, 1.165) is 80.8 Å². The van der Waals surface area contributed by atoms with Crippen LogP contribution in [0.15, 0.2) is 72.8 Å². The van der Waals surface area contributed by atoms with Gasteiger partial charge in [-0.15, -0.1) is 10.2 Å². The number of nitrogens with one attached hydrogen (secondary N) is 4. The van der Waals surface area contributed by atoms with E-state index in [4.69, 9.17) is 10.5 Å². The molecule has 2 aliphatic rings. The highest BCUT2D eigenvalue weighted by atomic mass is 16.5. The van der Waals surface area contributed by atoms with Crippen LogP contribution in [0.3, 0.4) is 0 Å². The van der Waals surface area contributed by atoms with Gasteiger partial charge in [-0.2, -0.15) is 5.21 Å². The first-order valence-electron chi connectivity index (χ1n) is 17.4. The first-order valence-corrected chi connectivity index (χ1v) is 17.4. The SMILES string of the molecule is NCC1CCC(C(=O)NC(Cc2cccc(-c3cccc(C(=O)NCCN4CCOCC4)c3)c2)C(=O)Nc2ccc(-c3nn[nH]n3)cc2)CC1. The maximum atomic E-state index is 13.8. The number of amides is 3. The number of ether oxygens (including phenoxy) is 1. The second-order valence-corrected chi connectivity index (χ2v) is 13.0. The third kappa shape index (κ3) is 9.37. The van der Waals surface area contributed by atoms with Crippen LogP contribution >= 0.6 is 0 Å². The molecule has 1 atom stereocenters. The minimum Gasteiger partial charge on any atom is -0.379 e. The number of aromatic nitrogens is 4. The summed E-state index contributed by atoms with van der Waals surface area (Å²) in [6, 6.07) is 21.7. The van der Waals surface area contributed by atoms with E-state index in [1.807, 2.05) is 48.5 Å². The van der Waals surface area contributed by atoms with Gasteiger partial charge in [0.1, 0.15) is 6.04 Å². The Morgan fingerprint density at radius 2 is 1.66 bits per heavy atom. The second-order valence-electron chi connectivity index (χ2n) is 13.0. The van der Waals surface area contributed by atoms with Crippen molar-refractivity contribution in [2.24, 2.45) is 17.6 Å². The zero-order valence-electron chi connectivity index (χ0n) is 28.1. The highest BCUT2D eigenvalue weighted by Gasteiger charge is 2.29. The standard InChI is InChI=1S/C37H45N9O4/c38-24-25-7-9-28(10-8-25)36(48)41-33(37(49)40-32-13-11-27(12-14-32)34-42-44-45-43-34)22-26-3-1-4-29(21-26)30-5-2-6-31(23-30)35(47)39-15-16-46-17-19-50-20-18-46/h1-6,11-14,21,23,25,28,33H,7-10,15-20,22,24,38H2,(H,39,47)(H,40,49)(H,41,48)(H,42,43,44,45). The number of anilines is 1. The minimum absolute atomic E-state index is 0.114. The van der Waals surface area contributed by atoms with Gasteiger partial charge in [0.25, 0.3) is 5.91 Å². The molecule has 3 amide bonds. The van der Waals surface area contributed by atoms with Crippen molar-refractivity contribution in [1.82, 2.24) is 36.2 Å². The van der Waals surface area contributed by atoms with Crippen molar-refractivity contribution in [2.75, 3.05) is 51.3 Å². The van der Waals surface area contributed by atoms with Crippen LogP contribution < -0.4 is 21.7 Å². The third-order valence-electron chi connectivity index (χ3n) is 9.58. The van der Waals surface area contributed by atoms with E-state index in [-0.39, 0.29) is 30.1 Å². The van der Waals surface area contributed by atoms with Gasteiger partial charge in [0.2, 0.25) is 17.6 Å². The maximum absolute atomic E-state index is 13.8. The lowest BCUT2D eigenvalue weighted by Gasteiger charge is -2.28. The van der Waals surface area contributed by atoms with Crippen LogP contribution in [-0.4, -0.2) is 95.2 Å². The van der Waals surface area contributed by atoms with E-state index in [1.165, 1.54) is 0 Å². The number of rotatable bonds is 13. The normalized spacial score (nSPS) is 18.6. The molecule has 1 aliphatic heterocycles. The van der Waals surface area contributed by atoms with Gasteiger partial charge in [0.05, 0.1) is 13.2 Å². The van der Waals surface area contributed by atoms with Crippen LogP contribution in [0.2, 0.25) is 0 Å². The molecule has 6 N–H and O–H groups in total. The second kappa shape index (κ2) is 17.1. The van der Waals surface area contributed by atoms with Crippen molar-refractivity contribution in [1.29, 1.82) is 0 Å². The monoisotopic (exact) mass is 679 g/mol. The Kier molecular flexibility index (Phi) is 11.9. The summed E-state index contributed by atoms with van der Waals surface area (Å²) in [6.45, 7) is 5.16. The summed E-state index contributed by atoms with van der Waals surface area (Å²) >= 11 is 0. The smallest absolute Gasteiger partial charge is 0.251 e. The lowest BCUT2D eigenvalue weighted by molar-refractivity contribution is -0.130. The molecular formula is C37H45N9O4. The summed E-state index contributed by atoms with van der Waals surface area (Å²) in [5.74, 6) is 0.181. The number of carbonyl (C=O) groups excluding carboxylic acids is 3. The third-order valence-corrected chi connectivity index (χ3v) is 9.58. The molecule has 6 rings (SSSR count). The van der Waals surface area contributed by atoms with Crippen molar-refractivity contribution >= 4 is 23.4 Å². The van der Waals surface area contributed by atoms with E-state index in [2.05, 4.69) is 41.5 Å². The fourth-order valence-electron chi connectivity index (χ4n) is 6.58. The number of tetrazole rings is 1. The summed E-state index contributed by atoms with van der Waals surface area (Å²) in [6.07, 6.45) is 3.61. The number of hydrogen-bond donors (Lipinski definition) is 5. The number of carbonyl (C=O) groups is 3. The molecule has 1 unspecified atom stereocenters. The van der Waals surface area contributed by atoms with Gasteiger partial charge in [0.15, 0.2) is 0 Å². The number of benzene rings is 3. The molecule has 2 heterocycles. The maximum Gasteiger partial charge on any atom is 0.251 e. The highest BCUT2D eigenvalue weighted by molar-refractivity contribution is 5.98. The molecule has 1 saturated heterocycles. The molecule has 4 aromatic rings. The van der Waals surface area contributed by atoms with E-state index in [9.17, 15) is 14.4 Å². The molecule has 50 heavy (non-hydrogen) atoms. The van der Waals surface area contributed by atoms with Crippen LogP contribution in [0.4, 0.5) is 5.69 Å². The van der Waals surface area contributed by atoms with E-state index in [0.29, 0.717) is 36.1 Å². The molecule has 0 radical (unpaired) electrons. The summed E-state index contributed by atoms with van der Waals surface area (Å²) in [4.78, 5) is 42.5. The Morgan fingerprint density at radius 3 is 2.38 bits per heavy atom. The van der Waals surface area contributed by atoms with E-state index >= 15 is 0 Å². The van der Waals surface area contributed by atoms with Crippen molar-refractivity contribution in [3.05, 3.63) is 83.9 Å². The number of nitrogens with zero attached hydrogens (tertiary/aromatic N) is 4. The van der Waals surface area contributed by atoms with Gasteiger partial charge in [-0.25, -0.2) is 0 Å². The first-order chi connectivity index (χ1) is 24.4. The largest absolute Gasteiger partial charge is 0.379 e. The van der Waals surface area contributed by atoms with Gasteiger partial charge in [-0.1, -0.05) is 36.4 Å². The van der Waals surface area contributed by atoms with E-state index in [1.54, 1.807) is 24.3 Å².